The molecule has 0 amide bonds. The molecule has 0 atom stereocenters. The van der Waals surface area contributed by atoms with E-state index >= 15 is 0 Å². The van der Waals surface area contributed by atoms with E-state index in [9.17, 15) is 5.11 Å². The molecule has 0 bridgehead atoms. The van der Waals surface area contributed by atoms with E-state index in [1.165, 1.54) is 22.3 Å². The van der Waals surface area contributed by atoms with Gasteiger partial charge in [0.2, 0.25) is 5.89 Å². The molecule has 7 aromatic rings. The highest BCUT2D eigenvalue weighted by atomic mass is 16.3. The zero-order valence-electron chi connectivity index (χ0n) is 24.7. The monoisotopic (exact) mass is 560 g/mol. The summed E-state index contributed by atoms with van der Waals surface area (Å²) >= 11 is 0. The van der Waals surface area contributed by atoms with Crippen LogP contribution in [-0.4, -0.2) is 15.1 Å². The number of para-hydroxylation sites is 2. The van der Waals surface area contributed by atoms with Crippen LogP contribution >= 0.6 is 0 Å². The lowest BCUT2D eigenvalue weighted by Gasteiger charge is -2.17. The summed E-state index contributed by atoms with van der Waals surface area (Å²) in [7, 11) is 0. The minimum Gasteiger partial charge on any atom is -0.507 e. The number of hydrogen-bond acceptors (Lipinski definition) is 4. The van der Waals surface area contributed by atoms with Crippen LogP contribution in [0.3, 0.4) is 0 Å². The molecule has 0 spiro atoms. The van der Waals surface area contributed by atoms with Crippen molar-refractivity contribution in [3.63, 3.8) is 0 Å². The topological polar surface area (TPSA) is 59.2 Å². The summed E-state index contributed by atoms with van der Waals surface area (Å²) in [6.07, 6.45) is 1.87. The van der Waals surface area contributed by atoms with Crippen molar-refractivity contribution in [3.8, 4) is 50.6 Å². The summed E-state index contributed by atoms with van der Waals surface area (Å²) in [6, 6.07) is 35.1. The molecule has 0 aliphatic heterocycles. The number of phenols is 1. The van der Waals surface area contributed by atoms with E-state index in [1.54, 1.807) is 12.1 Å². The van der Waals surface area contributed by atoms with E-state index in [1.807, 2.05) is 36.5 Å². The maximum atomic E-state index is 10.5. The van der Waals surface area contributed by atoms with Crippen molar-refractivity contribution in [1.82, 2.24) is 9.97 Å². The van der Waals surface area contributed by atoms with Gasteiger partial charge in [-0.05, 0) is 113 Å². The molecule has 0 aliphatic rings. The Balaban J connectivity index is 1.52. The quantitative estimate of drug-likeness (QED) is 0.227. The summed E-state index contributed by atoms with van der Waals surface area (Å²) < 4.78 is 6.18. The van der Waals surface area contributed by atoms with Gasteiger partial charge in [-0.3, -0.25) is 4.98 Å². The highest BCUT2D eigenvalue weighted by Crippen LogP contribution is 2.41. The highest BCUT2D eigenvalue weighted by Gasteiger charge is 2.18. The van der Waals surface area contributed by atoms with Crippen molar-refractivity contribution in [1.29, 1.82) is 0 Å². The fourth-order valence-electron chi connectivity index (χ4n) is 6.07. The standard InChI is InChI=1S/C39H32N2O2/c1-23(2)27-18-26-12-9-17-40-37(26)33(22-27)29-19-28(20-30(21-29)36-24(3)10-7-11-25(36)4)31-14-8-16-35-38(31)41-39(43-35)32-13-5-6-15-34(32)42/h5-23,42H,1-4H3. The van der Waals surface area contributed by atoms with Crippen LogP contribution in [0.1, 0.15) is 36.5 Å². The number of oxazole rings is 1. The molecule has 0 fully saturated rings. The van der Waals surface area contributed by atoms with Crippen LogP contribution in [0.25, 0.3) is 66.8 Å². The highest BCUT2D eigenvalue weighted by molar-refractivity contribution is 5.99. The smallest absolute Gasteiger partial charge is 0.231 e. The molecule has 5 aromatic carbocycles. The molecule has 4 heteroatoms. The van der Waals surface area contributed by atoms with Crippen molar-refractivity contribution in [2.75, 3.05) is 0 Å². The lowest BCUT2D eigenvalue weighted by molar-refractivity contribution is 0.474. The van der Waals surface area contributed by atoms with Crippen LogP contribution in [0.15, 0.2) is 114 Å². The second-order valence-electron chi connectivity index (χ2n) is 11.6. The van der Waals surface area contributed by atoms with Gasteiger partial charge in [-0.1, -0.05) is 62.4 Å². The maximum absolute atomic E-state index is 10.5. The van der Waals surface area contributed by atoms with E-state index in [-0.39, 0.29) is 5.75 Å². The Kier molecular flexibility index (Phi) is 6.55. The van der Waals surface area contributed by atoms with Crippen LogP contribution in [-0.2, 0) is 0 Å². The Morgan fingerprint density at radius 2 is 1.35 bits per heavy atom. The Morgan fingerprint density at radius 1 is 0.651 bits per heavy atom. The van der Waals surface area contributed by atoms with Gasteiger partial charge in [-0.15, -0.1) is 0 Å². The minimum atomic E-state index is 0.138. The number of fused-ring (bicyclic) bond motifs is 2. The van der Waals surface area contributed by atoms with E-state index in [2.05, 4.69) is 88.4 Å². The number of aromatic nitrogens is 2. The first-order valence-electron chi connectivity index (χ1n) is 14.7. The Hall–Kier alpha value is -5.22. The summed E-state index contributed by atoms with van der Waals surface area (Å²) in [5.41, 5.74) is 13.3. The molecule has 0 saturated carbocycles. The molecule has 43 heavy (non-hydrogen) atoms. The first-order chi connectivity index (χ1) is 20.9. The van der Waals surface area contributed by atoms with Crippen molar-refractivity contribution >= 4 is 22.0 Å². The third kappa shape index (κ3) is 4.75. The van der Waals surface area contributed by atoms with Crippen LogP contribution in [0.2, 0.25) is 0 Å². The van der Waals surface area contributed by atoms with Crippen LogP contribution in [0.5, 0.6) is 5.75 Å². The average molecular weight is 561 g/mol. The first-order valence-corrected chi connectivity index (χ1v) is 14.7. The normalized spacial score (nSPS) is 11.6. The molecule has 0 radical (unpaired) electrons. The van der Waals surface area contributed by atoms with E-state index in [0.29, 0.717) is 23.0 Å². The maximum Gasteiger partial charge on any atom is 0.231 e. The molecule has 2 heterocycles. The van der Waals surface area contributed by atoms with Gasteiger partial charge in [-0.2, -0.15) is 0 Å². The number of pyridine rings is 1. The number of hydrogen-bond donors (Lipinski definition) is 1. The largest absolute Gasteiger partial charge is 0.507 e. The van der Waals surface area contributed by atoms with E-state index in [0.717, 1.165) is 44.2 Å². The van der Waals surface area contributed by atoms with E-state index in [4.69, 9.17) is 14.4 Å². The number of phenolic OH excluding ortho intramolecular Hbond substituents is 1. The lowest BCUT2D eigenvalue weighted by Crippen LogP contribution is -1.94. The number of rotatable bonds is 5. The fraction of sp³-hybridized carbons (Fsp3) is 0.128. The van der Waals surface area contributed by atoms with Gasteiger partial charge in [0.1, 0.15) is 11.3 Å². The molecule has 4 nitrogen and oxygen atoms in total. The van der Waals surface area contributed by atoms with Crippen LogP contribution < -0.4 is 0 Å². The summed E-state index contributed by atoms with van der Waals surface area (Å²) in [4.78, 5) is 9.75. The third-order valence-corrected chi connectivity index (χ3v) is 8.27. The number of aryl methyl sites for hydroxylation is 2. The predicted octanol–water partition coefficient (Wildman–Crippen LogP) is 10.5. The van der Waals surface area contributed by atoms with Gasteiger partial charge < -0.3 is 9.52 Å². The van der Waals surface area contributed by atoms with Gasteiger partial charge in [0.25, 0.3) is 0 Å². The predicted molar refractivity (Wildman–Crippen MR) is 176 cm³/mol. The van der Waals surface area contributed by atoms with Crippen molar-refractivity contribution in [3.05, 3.63) is 126 Å². The molecule has 1 N–H and O–H groups in total. The molecule has 0 unspecified atom stereocenters. The average Bonchev–Trinajstić information content (AvgIpc) is 3.45. The summed E-state index contributed by atoms with van der Waals surface area (Å²) in [5, 5.41) is 11.6. The molecule has 210 valence electrons. The van der Waals surface area contributed by atoms with Gasteiger partial charge in [0.15, 0.2) is 5.58 Å². The van der Waals surface area contributed by atoms with Gasteiger partial charge in [0.05, 0.1) is 11.1 Å². The Labute approximate surface area is 251 Å². The van der Waals surface area contributed by atoms with Crippen molar-refractivity contribution < 1.29 is 9.52 Å². The van der Waals surface area contributed by atoms with Crippen LogP contribution in [0, 0.1) is 13.8 Å². The van der Waals surface area contributed by atoms with Gasteiger partial charge in [0, 0.05) is 22.7 Å². The molecular formula is C39H32N2O2. The minimum absolute atomic E-state index is 0.138. The second-order valence-corrected chi connectivity index (χ2v) is 11.6. The molecule has 0 aliphatic carbocycles. The first kappa shape index (κ1) is 26.7. The Bertz CT molecular complexity index is 2140. The fourth-order valence-corrected chi connectivity index (χ4v) is 6.07. The molecular weight excluding hydrogens is 528 g/mol. The lowest BCUT2D eigenvalue weighted by atomic mass is 9.88. The number of nitrogens with zero attached hydrogens (tertiary/aromatic N) is 2. The molecule has 7 rings (SSSR count). The molecule has 2 aromatic heterocycles. The number of benzene rings is 5. The Morgan fingerprint density at radius 3 is 2.12 bits per heavy atom. The van der Waals surface area contributed by atoms with Gasteiger partial charge >= 0.3 is 0 Å². The van der Waals surface area contributed by atoms with Crippen LogP contribution in [0.4, 0.5) is 0 Å². The molecule has 0 saturated heterocycles. The summed E-state index contributed by atoms with van der Waals surface area (Å²) in [6.45, 7) is 8.80. The number of aromatic hydroxyl groups is 1. The summed E-state index contributed by atoms with van der Waals surface area (Å²) in [5.74, 6) is 0.909. The van der Waals surface area contributed by atoms with Crippen molar-refractivity contribution in [2.45, 2.75) is 33.6 Å². The van der Waals surface area contributed by atoms with E-state index < -0.39 is 0 Å². The SMILES string of the molecule is Cc1cccc(C)c1-c1cc(-c2cc(C(C)C)cc3cccnc23)cc(-c2cccc3oc(-c4ccccc4O)nc23)c1. The van der Waals surface area contributed by atoms with Gasteiger partial charge in [-0.25, -0.2) is 4.98 Å². The van der Waals surface area contributed by atoms with Crippen molar-refractivity contribution in [2.24, 2.45) is 0 Å². The second kappa shape index (κ2) is 10.6. The zero-order valence-corrected chi connectivity index (χ0v) is 24.7. The third-order valence-electron chi connectivity index (χ3n) is 8.27. The zero-order chi connectivity index (χ0) is 29.7.